The molecule has 0 radical (unpaired) electrons. The summed E-state index contributed by atoms with van der Waals surface area (Å²) in [6.07, 6.45) is 14.0. The summed E-state index contributed by atoms with van der Waals surface area (Å²) in [4.78, 5) is 97.3. The Kier molecular flexibility index (Phi) is 19.6. The molecule has 2 aliphatic rings. The van der Waals surface area contributed by atoms with Gasteiger partial charge in [0.05, 0.1) is 74.2 Å². The molecule has 10 aromatic heterocycles. The molecule has 1 saturated heterocycles. The molecule has 27 heteroatoms. The van der Waals surface area contributed by atoms with Crippen molar-refractivity contribution < 1.29 is 33.3 Å². The van der Waals surface area contributed by atoms with Gasteiger partial charge < -0.3 is 69.1 Å². The van der Waals surface area contributed by atoms with Gasteiger partial charge in [0.15, 0.2) is 0 Å². The van der Waals surface area contributed by atoms with Crippen LogP contribution in [-0.2, 0) is 40.5 Å². The predicted octanol–water partition coefficient (Wildman–Crippen LogP) is 11.3. The minimum Gasteiger partial charge on any atom is -0.497 e. The number of nitrogens with zero attached hydrogens (tertiary/aromatic N) is 14. The van der Waals surface area contributed by atoms with Gasteiger partial charge in [-0.1, -0.05) is 6.92 Å². The third-order valence-electron chi connectivity index (χ3n) is 16.6. The first-order valence-electron chi connectivity index (χ1n) is 32.0. The number of carbonyl (C=O) groups is 3. The number of ether oxygens (including phenoxy) is 4. The number of nitrogens with one attached hydrogen (secondary N) is 6. The van der Waals surface area contributed by atoms with Crippen LogP contribution in [0.2, 0.25) is 0 Å². The molecule has 13 aromatic rings. The Morgan fingerprint density at radius 2 is 0.970 bits per heavy atom. The number of amides is 3. The first-order valence-corrected chi connectivity index (χ1v) is 32.0. The Morgan fingerprint density at radius 1 is 0.510 bits per heavy atom. The molecular weight excluding hydrogens is 1270 g/mol. The maximum absolute atomic E-state index is 13.1. The van der Waals surface area contributed by atoms with E-state index in [1.54, 1.807) is 101 Å². The van der Waals surface area contributed by atoms with Gasteiger partial charge in [-0.25, -0.2) is 34.9 Å². The SMILES string of the molecule is COCc1ccnc(-c2ccnc(Nc3ccc4[nH]c(C(=O)N(C)C)cc4c3)n2)c1.COCc1ccnc(-c2ccnc(Nc3ccc4[nH]c(C(=O)N5CCn6ccnc6C5)cc4c3)n2)c1.COc1ccnc(-c2ccnc(Nc3ccc4[nH]c(C(=O)N(C)CC5(C)COC5)cc4c3)n2)c1. The number of hydrogen-bond donors (Lipinski definition) is 6. The zero-order valence-electron chi connectivity index (χ0n) is 56.0. The predicted molar refractivity (Wildman–Crippen MR) is 379 cm³/mol. The molecule has 2 aliphatic heterocycles. The number of aromatic amines is 3. The van der Waals surface area contributed by atoms with E-state index in [9.17, 15) is 14.4 Å². The Balaban J connectivity index is 0.000000135. The quantitative estimate of drug-likeness (QED) is 0.0438. The van der Waals surface area contributed by atoms with Crippen LogP contribution >= 0.6 is 0 Å². The van der Waals surface area contributed by atoms with Gasteiger partial charge in [0.1, 0.15) is 28.7 Å². The number of hydrogen-bond acceptors (Lipinski definition) is 20. The fourth-order valence-electron chi connectivity index (χ4n) is 11.6. The number of carbonyl (C=O) groups excluding carboxylic acids is 3. The van der Waals surface area contributed by atoms with Gasteiger partial charge in [-0.15, -0.1) is 0 Å². The summed E-state index contributed by atoms with van der Waals surface area (Å²) in [5.74, 6) is 2.84. The molecule has 0 unspecified atom stereocenters. The molecule has 100 heavy (non-hydrogen) atoms. The van der Waals surface area contributed by atoms with Crippen LogP contribution in [0.1, 0.15) is 55.3 Å². The van der Waals surface area contributed by atoms with Gasteiger partial charge in [-0.3, -0.25) is 29.3 Å². The van der Waals surface area contributed by atoms with Crippen molar-refractivity contribution in [3.63, 3.8) is 0 Å². The molecule has 0 atom stereocenters. The van der Waals surface area contributed by atoms with E-state index in [0.717, 1.165) is 84.7 Å². The fourth-order valence-corrected chi connectivity index (χ4v) is 11.6. The van der Waals surface area contributed by atoms with E-state index >= 15 is 0 Å². The minimum atomic E-state index is -0.0695. The molecule has 15 rings (SSSR count). The first kappa shape index (κ1) is 66.3. The maximum atomic E-state index is 13.1. The van der Waals surface area contributed by atoms with Crippen LogP contribution in [0.4, 0.5) is 34.9 Å². The maximum Gasteiger partial charge on any atom is 0.270 e. The van der Waals surface area contributed by atoms with E-state index < -0.39 is 0 Å². The molecule has 27 nitrogen and oxygen atoms in total. The van der Waals surface area contributed by atoms with E-state index in [-0.39, 0.29) is 23.1 Å². The van der Waals surface area contributed by atoms with Crippen LogP contribution in [-0.4, -0.2) is 171 Å². The second kappa shape index (κ2) is 29.6. The number of benzene rings is 3. The highest BCUT2D eigenvalue weighted by atomic mass is 16.5. The van der Waals surface area contributed by atoms with Gasteiger partial charge in [-0.05, 0) is 132 Å². The van der Waals surface area contributed by atoms with Crippen LogP contribution in [0.25, 0.3) is 66.9 Å². The van der Waals surface area contributed by atoms with Crippen molar-refractivity contribution in [2.75, 3.05) is 84.7 Å². The van der Waals surface area contributed by atoms with E-state index in [0.29, 0.717) is 110 Å². The smallest absolute Gasteiger partial charge is 0.270 e. The Labute approximate surface area is 574 Å². The highest BCUT2D eigenvalue weighted by molar-refractivity contribution is 6.01. The summed E-state index contributed by atoms with van der Waals surface area (Å²) in [6.45, 7) is 7.09. The van der Waals surface area contributed by atoms with Crippen LogP contribution < -0.4 is 20.7 Å². The third kappa shape index (κ3) is 15.6. The lowest BCUT2D eigenvalue weighted by molar-refractivity contribution is -0.109. The number of rotatable bonds is 19. The lowest BCUT2D eigenvalue weighted by Crippen LogP contribution is -2.49. The average Bonchev–Trinajstić information content (AvgIpc) is 1.63. The highest BCUT2D eigenvalue weighted by Gasteiger charge is 2.36. The summed E-state index contributed by atoms with van der Waals surface area (Å²) in [7, 11) is 10.2. The Bertz CT molecular complexity index is 5100. The first-order chi connectivity index (χ1) is 48.6. The summed E-state index contributed by atoms with van der Waals surface area (Å²) < 4.78 is 23.1. The second-order valence-electron chi connectivity index (χ2n) is 24.6. The number of methoxy groups -OCH3 is 3. The molecule has 0 bridgehead atoms. The normalized spacial score (nSPS) is 12.9. The Hall–Kier alpha value is -12.3. The lowest BCUT2D eigenvalue weighted by Gasteiger charge is -2.40. The number of fused-ring (bicyclic) bond motifs is 4. The van der Waals surface area contributed by atoms with Crippen molar-refractivity contribution in [2.45, 2.75) is 33.2 Å². The largest absolute Gasteiger partial charge is 0.497 e. The van der Waals surface area contributed by atoms with Gasteiger partial charge >= 0.3 is 0 Å². The lowest BCUT2D eigenvalue weighted by atomic mass is 9.88. The standard InChI is InChI=1S/C26H24N8O2.C25H26N6O3.C22H22N6O2/c1-36-16-17-4-6-27-22(12-17)21-5-7-29-26(32-21)30-19-2-3-20-18(13-19)14-23(31-20)25(35)34-11-10-33-9-8-28-24(33)15-34;1-25(14-34-15-25)13-31(2)23(32)22-11-16-10-17(4-5-19(16)29-22)28-24-27-9-7-20(30-24)21-12-18(33-3)6-8-26-21;1-28(2)21(29)20-12-15-11-16(4-5-17(15)26-20)25-22-24-9-7-18(27-22)19-10-14(13-30-3)6-8-23-19/h2-9,12-14,31H,10-11,15-16H2,1H3,(H,29,30,32);4-12,29H,13-15H2,1-3H3,(H,27,28,30);4-12,26H,13H2,1-3H3,(H,24,25,27). The summed E-state index contributed by atoms with van der Waals surface area (Å²) in [6, 6.07) is 39.8. The summed E-state index contributed by atoms with van der Waals surface area (Å²) >= 11 is 0. The van der Waals surface area contributed by atoms with Crippen molar-refractivity contribution in [1.29, 1.82) is 0 Å². The van der Waals surface area contributed by atoms with E-state index in [1.165, 1.54) is 0 Å². The fraction of sp³-hybridized carbons (Fsp3) is 0.219. The van der Waals surface area contributed by atoms with Crippen molar-refractivity contribution >= 4 is 85.3 Å². The molecule has 0 saturated carbocycles. The van der Waals surface area contributed by atoms with Gasteiger partial charge in [0.25, 0.3) is 17.7 Å². The third-order valence-corrected chi connectivity index (χ3v) is 16.6. The summed E-state index contributed by atoms with van der Waals surface area (Å²) in [5, 5.41) is 12.5. The molecule has 506 valence electrons. The Morgan fingerprint density at radius 3 is 1.44 bits per heavy atom. The molecule has 12 heterocycles. The van der Waals surface area contributed by atoms with E-state index in [4.69, 9.17) is 18.9 Å². The van der Waals surface area contributed by atoms with Crippen LogP contribution in [0.15, 0.2) is 177 Å². The van der Waals surface area contributed by atoms with Gasteiger partial charge in [0.2, 0.25) is 17.8 Å². The van der Waals surface area contributed by atoms with Crippen molar-refractivity contribution in [1.82, 2.24) is 84.1 Å². The molecular formula is C73H72N20O7. The van der Waals surface area contributed by atoms with E-state index in [2.05, 4.69) is 92.2 Å². The summed E-state index contributed by atoms with van der Waals surface area (Å²) in [5.41, 5.74) is 13.2. The van der Waals surface area contributed by atoms with Gasteiger partial charge in [-0.2, -0.15) is 0 Å². The number of pyridine rings is 3. The minimum absolute atomic E-state index is 0.0302. The molecule has 0 spiro atoms. The number of anilines is 6. The zero-order chi connectivity index (χ0) is 69.3. The monoisotopic (exact) mass is 1340 g/mol. The highest BCUT2D eigenvalue weighted by Crippen LogP contribution is 2.31. The van der Waals surface area contributed by atoms with Crippen molar-refractivity contribution in [3.8, 4) is 39.9 Å². The molecule has 3 amide bonds. The second-order valence-corrected chi connectivity index (χ2v) is 24.6. The van der Waals surface area contributed by atoms with E-state index in [1.807, 2.05) is 133 Å². The van der Waals surface area contributed by atoms with Crippen LogP contribution in [0.3, 0.4) is 0 Å². The molecule has 1 fully saturated rings. The van der Waals surface area contributed by atoms with Gasteiger partial charge in [0, 0.05) is 166 Å². The molecule has 6 N–H and O–H groups in total. The van der Waals surface area contributed by atoms with Crippen LogP contribution in [0.5, 0.6) is 5.75 Å². The molecule has 3 aromatic carbocycles. The van der Waals surface area contributed by atoms with Crippen molar-refractivity contribution in [3.05, 3.63) is 211 Å². The zero-order valence-corrected chi connectivity index (χ0v) is 56.0. The van der Waals surface area contributed by atoms with Crippen molar-refractivity contribution in [2.24, 2.45) is 5.41 Å². The molecule has 0 aliphatic carbocycles. The topological polar surface area (TPSA) is 315 Å². The number of aromatic nitrogens is 14. The van der Waals surface area contributed by atoms with Crippen LogP contribution in [0, 0.1) is 5.41 Å². The number of H-pyrrole nitrogens is 3. The average molecular weight is 1340 g/mol. The number of imidazole rings is 1.